The summed E-state index contributed by atoms with van der Waals surface area (Å²) in [5, 5.41) is 7.10. The molecule has 0 aromatic carbocycles. The molecule has 2 aromatic rings. The highest BCUT2D eigenvalue weighted by molar-refractivity contribution is 9.10. The van der Waals surface area contributed by atoms with Gasteiger partial charge in [-0.2, -0.15) is 4.98 Å². The average Bonchev–Trinajstić information content (AvgIpc) is 2.87. The van der Waals surface area contributed by atoms with Crippen LogP contribution in [-0.2, 0) is 11.2 Å². The first kappa shape index (κ1) is 14.1. The predicted molar refractivity (Wildman–Crippen MR) is 73.7 cm³/mol. The van der Waals surface area contributed by atoms with Gasteiger partial charge in [0.05, 0.1) is 6.61 Å². The molecule has 6 nitrogen and oxygen atoms in total. The maximum absolute atomic E-state index is 5.24. The van der Waals surface area contributed by atoms with E-state index in [9.17, 15) is 0 Å². The number of nitrogens with zero attached hydrogens (tertiary/aromatic N) is 3. The molecule has 1 unspecified atom stereocenters. The van der Waals surface area contributed by atoms with E-state index in [1.54, 1.807) is 19.5 Å². The van der Waals surface area contributed by atoms with Crippen molar-refractivity contribution in [2.45, 2.75) is 12.5 Å². The molecule has 102 valence electrons. The lowest BCUT2D eigenvalue weighted by Gasteiger charge is -2.11. The molecule has 0 aliphatic heterocycles. The summed E-state index contributed by atoms with van der Waals surface area (Å²) < 4.78 is 11.2. The van der Waals surface area contributed by atoms with Crippen LogP contribution < -0.4 is 5.32 Å². The van der Waals surface area contributed by atoms with Crippen LogP contribution in [0.1, 0.15) is 5.89 Å². The Morgan fingerprint density at radius 2 is 2.32 bits per heavy atom. The van der Waals surface area contributed by atoms with Gasteiger partial charge in [-0.05, 0) is 29.0 Å². The Labute approximate surface area is 119 Å². The Balaban J connectivity index is 2.10. The molecule has 1 N–H and O–H groups in total. The fraction of sp³-hybridized carbons (Fsp3) is 0.417. The maximum Gasteiger partial charge on any atom is 0.228 e. The fourth-order valence-corrected chi connectivity index (χ4v) is 2.01. The number of rotatable bonds is 6. The number of methoxy groups -OCH3 is 1. The van der Waals surface area contributed by atoms with Crippen molar-refractivity contribution in [3.05, 3.63) is 28.8 Å². The first-order chi connectivity index (χ1) is 9.22. The van der Waals surface area contributed by atoms with Gasteiger partial charge in [0, 0.05) is 42.0 Å². The van der Waals surface area contributed by atoms with Gasteiger partial charge in [-0.3, -0.25) is 4.98 Å². The van der Waals surface area contributed by atoms with Crippen molar-refractivity contribution >= 4 is 15.9 Å². The van der Waals surface area contributed by atoms with Crippen LogP contribution in [0.2, 0.25) is 0 Å². The number of hydrogen-bond acceptors (Lipinski definition) is 6. The van der Waals surface area contributed by atoms with Crippen LogP contribution in [0.15, 0.2) is 27.5 Å². The van der Waals surface area contributed by atoms with Gasteiger partial charge in [-0.25, -0.2) is 0 Å². The molecule has 0 saturated carbocycles. The Morgan fingerprint density at radius 3 is 3.00 bits per heavy atom. The van der Waals surface area contributed by atoms with Gasteiger partial charge in [-0.15, -0.1) is 0 Å². The largest absolute Gasteiger partial charge is 0.383 e. The maximum atomic E-state index is 5.24. The number of pyridine rings is 1. The summed E-state index contributed by atoms with van der Waals surface area (Å²) in [7, 11) is 3.54. The van der Waals surface area contributed by atoms with Gasteiger partial charge in [0.25, 0.3) is 0 Å². The average molecular weight is 327 g/mol. The van der Waals surface area contributed by atoms with Gasteiger partial charge in [-0.1, -0.05) is 5.16 Å². The van der Waals surface area contributed by atoms with Gasteiger partial charge >= 0.3 is 0 Å². The van der Waals surface area contributed by atoms with E-state index in [1.807, 2.05) is 13.1 Å². The Bertz CT molecular complexity index is 532. The van der Waals surface area contributed by atoms with Crippen LogP contribution in [0.3, 0.4) is 0 Å². The standard InChI is InChI=1S/C12H15BrN4O2/c1-14-10(7-18-2)4-11-16-12(17-19-11)8-3-9(13)6-15-5-8/h3,5-6,10,14H,4,7H2,1-2H3. The van der Waals surface area contributed by atoms with Gasteiger partial charge in [0.15, 0.2) is 0 Å². The summed E-state index contributed by atoms with van der Waals surface area (Å²) >= 11 is 3.36. The number of hydrogen-bond donors (Lipinski definition) is 1. The van der Waals surface area contributed by atoms with E-state index in [1.165, 1.54) is 0 Å². The minimum absolute atomic E-state index is 0.152. The quantitative estimate of drug-likeness (QED) is 0.870. The van der Waals surface area contributed by atoms with Crippen LogP contribution in [-0.4, -0.2) is 41.9 Å². The van der Waals surface area contributed by atoms with Gasteiger partial charge < -0.3 is 14.6 Å². The lowest BCUT2D eigenvalue weighted by molar-refractivity contribution is 0.165. The van der Waals surface area contributed by atoms with Crippen molar-refractivity contribution < 1.29 is 9.26 Å². The zero-order valence-corrected chi connectivity index (χ0v) is 12.3. The molecule has 2 rings (SSSR count). The lowest BCUT2D eigenvalue weighted by atomic mass is 10.2. The molecular formula is C12H15BrN4O2. The molecule has 0 bridgehead atoms. The van der Waals surface area contributed by atoms with Gasteiger partial charge in [0.1, 0.15) is 0 Å². The second-order valence-electron chi connectivity index (χ2n) is 4.05. The third-order valence-corrected chi connectivity index (χ3v) is 3.06. The number of aromatic nitrogens is 3. The van der Waals surface area contributed by atoms with Crippen molar-refractivity contribution in [3.8, 4) is 11.4 Å². The van der Waals surface area contributed by atoms with E-state index in [-0.39, 0.29) is 6.04 Å². The minimum Gasteiger partial charge on any atom is -0.383 e. The van der Waals surface area contributed by atoms with Crippen molar-refractivity contribution in [1.82, 2.24) is 20.4 Å². The van der Waals surface area contributed by atoms with Crippen LogP contribution >= 0.6 is 15.9 Å². The SMILES string of the molecule is CNC(COC)Cc1nc(-c2cncc(Br)c2)no1. The number of nitrogens with one attached hydrogen (secondary N) is 1. The topological polar surface area (TPSA) is 73.1 Å². The van der Waals surface area contributed by atoms with Crippen molar-refractivity contribution in [2.75, 3.05) is 20.8 Å². The zero-order valence-electron chi connectivity index (χ0n) is 10.8. The third-order valence-electron chi connectivity index (χ3n) is 2.63. The molecule has 19 heavy (non-hydrogen) atoms. The first-order valence-electron chi connectivity index (χ1n) is 5.82. The van der Waals surface area contributed by atoms with E-state index in [4.69, 9.17) is 9.26 Å². The first-order valence-corrected chi connectivity index (χ1v) is 6.62. The Kier molecular flexibility index (Phi) is 5.00. The minimum atomic E-state index is 0.152. The summed E-state index contributed by atoms with van der Waals surface area (Å²) in [4.78, 5) is 8.43. The Hall–Kier alpha value is -1.31. The number of halogens is 1. The van der Waals surface area contributed by atoms with Crippen molar-refractivity contribution in [3.63, 3.8) is 0 Å². The fourth-order valence-electron chi connectivity index (χ4n) is 1.65. The van der Waals surface area contributed by atoms with Crippen molar-refractivity contribution in [2.24, 2.45) is 0 Å². The van der Waals surface area contributed by atoms with Crippen molar-refractivity contribution in [1.29, 1.82) is 0 Å². The molecule has 0 amide bonds. The predicted octanol–water partition coefficient (Wildman–Crippen LogP) is 1.67. The highest BCUT2D eigenvalue weighted by Gasteiger charge is 2.14. The molecule has 7 heteroatoms. The molecule has 0 spiro atoms. The summed E-state index contributed by atoms with van der Waals surface area (Å²) in [6, 6.07) is 2.05. The lowest BCUT2D eigenvalue weighted by Crippen LogP contribution is -2.32. The molecule has 1 atom stereocenters. The number of ether oxygens (including phenoxy) is 1. The highest BCUT2D eigenvalue weighted by Crippen LogP contribution is 2.19. The highest BCUT2D eigenvalue weighted by atomic mass is 79.9. The second-order valence-corrected chi connectivity index (χ2v) is 4.96. The molecule has 0 fully saturated rings. The monoisotopic (exact) mass is 326 g/mol. The normalized spacial score (nSPS) is 12.6. The molecular weight excluding hydrogens is 312 g/mol. The Morgan fingerprint density at radius 1 is 1.47 bits per heavy atom. The smallest absolute Gasteiger partial charge is 0.228 e. The van der Waals surface area contributed by atoms with Gasteiger partial charge in [0.2, 0.25) is 11.7 Å². The van der Waals surface area contributed by atoms with E-state index in [2.05, 4.69) is 36.4 Å². The summed E-state index contributed by atoms with van der Waals surface area (Å²) in [5.74, 6) is 1.11. The molecule has 0 saturated heterocycles. The van der Waals surface area contributed by atoms with Crippen LogP contribution in [0.25, 0.3) is 11.4 Å². The zero-order chi connectivity index (χ0) is 13.7. The van der Waals surface area contributed by atoms with Crippen LogP contribution in [0.5, 0.6) is 0 Å². The summed E-state index contributed by atoms with van der Waals surface area (Å²) in [6.07, 6.45) is 4.03. The molecule has 0 aliphatic carbocycles. The molecule has 2 heterocycles. The molecule has 0 radical (unpaired) electrons. The summed E-state index contributed by atoms with van der Waals surface area (Å²) in [5.41, 5.74) is 0.817. The van der Waals surface area contributed by atoms with Crippen LogP contribution in [0.4, 0.5) is 0 Å². The van der Waals surface area contributed by atoms with E-state index in [0.29, 0.717) is 24.7 Å². The van der Waals surface area contributed by atoms with E-state index >= 15 is 0 Å². The molecule has 2 aromatic heterocycles. The summed E-state index contributed by atoms with van der Waals surface area (Å²) in [6.45, 7) is 0.590. The molecule has 0 aliphatic rings. The van der Waals surface area contributed by atoms with E-state index < -0.39 is 0 Å². The number of likely N-dealkylation sites (N-methyl/N-ethyl adjacent to an activating group) is 1. The van der Waals surface area contributed by atoms with Crippen LogP contribution in [0, 0.1) is 0 Å². The van der Waals surface area contributed by atoms with E-state index in [0.717, 1.165) is 10.0 Å². The second kappa shape index (κ2) is 6.74. The third kappa shape index (κ3) is 3.82.